The quantitative estimate of drug-likeness (QED) is 0.161. The molecule has 3 rings (SSSR count). The highest BCUT2D eigenvalue weighted by molar-refractivity contribution is 6.25. The third kappa shape index (κ3) is 6.86. The number of esters is 1. The normalized spacial score (nSPS) is 14.7. The van der Waals surface area contributed by atoms with Crippen LogP contribution in [0.25, 0.3) is 10.9 Å². The van der Waals surface area contributed by atoms with Crippen LogP contribution in [0, 0.1) is 11.4 Å². The Morgan fingerprint density at radius 1 is 1.18 bits per heavy atom. The topological polar surface area (TPSA) is 155 Å². The lowest BCUT2D eigenvalue weighted by Gasteiger charge is -2.23. The fourth-order valence-electron chi connectivity index (χ4n) is 3.62. The molecule has 0 spiro atoms. The number of hydrogen-bond acceptors (Lipinski definition) is 6. The molecule has 1 aliphatic rings. The predicted molar refractivity (Wildman–Crippen MR) is 123 cm³/mol. The fourth-order valence-corrected chi connectivity index (χ4v) is 3.62. The molecule has 2 atom stereocenters. The summed E-state index contributed by atoms with van der Waals surface area (Å²) in [6, 6.07) is 5.66. The van der Waals surface area contributed by atoms with Gasteiger partial charge in [-0.1, -0.05) is 18.2 Å². The summed E-state index contributed by atoms with van der Waals surface area (Å²) in [5.74, 6) is -1.93. The Morgan fingerprint density at radius 3 is 2.59 bits per heavy atom. The summed E-state index contributed by atoms with van der Waals surface area (Å²) < 4.78 is 5.25. The van der Waals surface area contributed by atoms with Crippen LogP contribution < -0.4 is 10.6 Å². The second kappa shape index (κ2) is 11.4. The van der Waals surface area contributed by atoms with Crippen LogP contribution in [0.2, 0.25) is 0 Å². The molecule has 34 heavy (non-hydrogen) atoms. The van der Waals surface area contributed by atoms with Gasteiger partial charge in [0.05, 0.1) is 16.4 Å². The Kier molecular flexibility index (Phi) is 8.32. The van der Waals surface area contributed by atoms with Crippen molar-refractivity contribution in [3.05, 3.63) is 36.0 Å². The minimum atomic E-state index is -1.08. The largest absolute Gasteiger partial charge is 0.461 e. The Labute approximate surface area is 197 Å². The van der Waals surface area contributed by atoms with E-state index in [2.05, 4.69) is 20.4 Å². The molecule has 180 valence electrons. The van der Waals surface area contributed by atoms with Gasteiger partial charge in [0.15, 0.2) is 0 Å². The highest BCUT2D eigenvalue weighted by Crippen LogP contribution is 2.29. The number of fused-ring (bicyclic) bond motifs is 1. The minimum Gasteiger partial charge on any atom is -0.461 e. The van der Waals surface area contributed by atoms with Gasteiger partial charge in [0, 0.05) is 35.9 Å². The number of carbonyl (C=O) groups is 4. The maximum Gasteiger partial charge on any atom is 0.372 e. The first-order valence-electron chi connectivity index (χ1n) is 11.4. The van der Waals surface area contributed by atoms with E-state index in [-0.39, 0.29) is 31.1 Å². The van der Waals surface area contributed by atoms with E-state index in [1.807, 2.05) is 24.3 Å². The Balaban J connectivity index is 1.78. The van der Waals surface area contributed by atoms with Gasteiger partial charge in [0.25, 0.3) is 0 Å². The molecule has 0 bridgehead atoms. The third-order valence-corrected chi connectivity index (χ3v) is 5.52. The molecule has 2 aromatic rings. The lowest BCUT2D eigenvalue weighted by molar-refractivity contribution is -0.152. The second-order valence-corrected chi connectivity index (χ2v) is 8.71. The molecule has 10 nitrogen and oxygen atoms in total. The molecule has 1 aromatic carbocycles. The van der Waals surface area contributed by atoms with Crippen molar-refractivity contribution in [1.82, 2.24) is 15.6 Å². The van der Waals surface area contributed by atoms with Crippen molar-refractivity contribution in [2.24, 2.45) is 5.92 Å². The number of aromatic nitrogens is 1. The smallest absolute Gasteiger partial charge is 0.372 e. The number of amides is 2. The molecular weight excluding hydrogens is 438 g/mol. The number of hydrogen-bond donors (Lipinski definition) is 4. The van der Waals surface area contributed by atoms with Crippen LogP contribution in [0.15, 0.2) is 30.5 Å². The van der Waals surface area contributed by atoms with Crippen molar-refractivity contribution in [2.75, 3.05) is 0 Å². The van der Waals surface area contributed by atoms with Crippen molar-refractivity contribution in [3.8, 4) is 0 Å². The van der Waals surface area contributed by atoms with Gasteiger partial charge in [-0.2, -0.15) is 0 Å². The molecule has 4 N–H and O–H groups in total. The van der Waals surface area contributed by atoms with Crippen LogP contribution in [-0.4, -0.2) is 57.7 Å². The molecule has 1 aliphatic carbocycles. The van der Waals surface area contributed by atoms with Gasteiger partial charge in [-0.25, -0.2) is 4.79 Å². The number of rotatable bonds is 12. The van der Waals surface area contributed by atoms with Crippen LogP contribution in [0.1, 0.15) is 45.1 Å². The van der Waals surface area contributed by atoms with Crippen molar-refractivity contribution < 1.29 is 28.7 Å². The molecule has 1 saturated carbocycles. The van der Waals surface area contributed by atoms with Crippen LogP contribution in [0.3, 0.4) is 0 Å². The van der Waals surface area contributed by atoms with Gasteiger partial charge in [-0.3, -0.25) is 14.4 Å². The molecule has 1 heterocycles. The first kappa shape index (κ1) is 24.9. The number of para-hydroxylation sites is 1. The van der Waals surface area contributed by atoms with Crippen LogP contribution in [0.5, 0.6) is 0 Å². The number of nitrogens with zero attached hydrogens (tertiary/aromatic N) is 1. The first-order chi connectivity index (χ1) is 16.3. The van der Waals surface area contributed by atoms with E-state index in [1.165, 1.54) is 0 Å². The molecule has 0 radical (unpaired) electrons. The van der Waals surface area contributed by atoms with Crippen molar-refractivity contribution >= 4 is 40.7 Å². The highest BCUT2D eigenvalue weighted by atomic mass is 16.5. The lowest BCUT2D eigenvalue weighted by Crippen LogP contribution is -2.53. The standard InChI is InChI=1S/C24H29N5O5/c1-14(2)34-24(33)20(10-9-17(30)13-27-25)28-23(32)21(29-22(31)15-7-8-15)11-16-12-26-19-6-4-3-5-18(16)19/h3-6,12-15,20-21,25-26H,7-11H2,1-2H3,(H-,28,29,31,32)/p+1/t20-,21-/m0/s1. The van der Waals surface area contributed by atoms with E-state index in [9.17, 15) is 19.2 Å². The number of H-pyrrole nitrogens is 1. The summed E-state index contributed by atoms with van der Waals surface area (Å²) in [5, 5.41) is 6.43. The van der Waals surface area contributed by atoms with Gasteiger partial charge in [-0.15, -0.1) is 0 Å². The SMILES string of the molecule is CC(C)OC(=O)[C@H](CCC(=O)C=[N+]=N)NC(=O)[C@H](Cc1c[nH]c2ccccc12)NC(=O)C1CC1. The summed E-state index contributed by atoms with van der Waals surface area (Å²) in [6.07, 6.45) is 3.94. The van der Waals surface area contributed by atoms with Gasteiger partial charge in [-0.05, 0) is 44.7 Å². The monoisotopic (exact) mass is 468 g/mol. The zero-order chi connectivity index (χ0) is 24.7. The Bertz CT molecular complexity index is 1110. The molecule has 2 amide bonds. The summed E-state index contributed by atoms with van der Waals surface area (Å²) >= 11 is 0. The summed E-state index contributed by atoms with van der Waals surface area (Å²) in [6.45, 7) is 3.37. The summed E-state index contributed by atoms with van der Waals surface area (Å²) in [7, 11) is 0. The number of carbonyl (C=O) groups excluding carboxylic acids is 4. The van der Waals surface area contributed by atoms with Crippen molar-refractivity contribution in [1.29, 1.82) is 5.53 Å². The van der Waals surface area contributed by atoms with E-state index >= 15 is 0 Å². The Hall–Kier alpha value is -3.78. The number of ether oxygens (including phenoxy) is 1. The van der Waals surface area contributed by atoms with E-state index in [0.717, 1.165) is 35.5 Å². The van der Waals surface area contributed by atoms with E-state index < -0.39 is 35.8 Å². The van der Waals surface area contributed by atoms with Crippen molar-refractivity contribution in [2.45, 2.75) is 64.1 Å². The summed E-state index contributed by atoms with van der Waals surface area (Å²) in [5.41, 5.74) is 8.54. The maximum absolute atomic E-state index is 13.3. The average Bonchev–Trinajstić information content (AvgIpc) is 3.57. The second-order valence-electron chi connectivity index (χ2n) is 8.71. The van der Waals surface area contributed by atoms with Crippen LogP contribution in [0.4, 0.5) is 0 Å². The highest BCUT2D eigenvalue weighted by Gasteiger charge is 2.34. The molecule has 1 fully saturated rings. The number of nitrogens with one attached hydrogen (secondary N) is 4. The molecule has 10 heteroatoms. The number of aromatic amines is 1. The Morgan fingerprint density at radius 2 is 1.91 bits per heavy atom. The number of benzene rings is 1. The molecule has 1 aromatic heterocycles. The van der Waals surface area contributed by atoms with Gasteiger partial charge in [0.1, 0.15) is 12.1 Å². The van der Waals surface area contributed by atoms with Crippen molar-refractivity contribution in [3.63, 3.8) is 0 Å². The van der Waals surface area contributed by atoms with E-state index in [4.69, 9.17) is 10.3 Å². The predicted octanol–water partition coefficient (Wildman–Crippen LogP) is 1.70. The zero-order valence-electron chi connectivity index (χ0n) is 19.3. The van der Waals surface area contributed by atoms with Gasteiger partial charge in [0.2, 0.25) is 17.6 Å². The lowest BCUT2D eigenvalue weighted by atomic mass is 10.0. The van der Waals surface area contributed by atoms with Gasteiger partial charge < -0.3 is 20.4 Å². The number of Topliss-reactive ketones (excluding diaryl/α,β-unsaturated/α-hetero) is 1. The third-order valence-electron chi connectivity index (χ3n) is 5.52. The fraction of sp³-hybridized carbons (Fsp3) is 0.458. The molecule has 0 aliphatic heterocycles. The zero-order valence-corrected chi connectivity index (χ0v) is 19.3. The van der Waals surface area contributed by atoms with E-state index in [1.54, 1.807) is 20.0 Å². The summed E-state index contributed by atoms with van der Waals surface area (Å²) in [4.78, 5) is 56.3. The van der Waals surface area contributed by atoms with Crippen LogP contribution >= 0.6 is 0 Å². The van der Waals surface area contributed by atoms with E-state index in [0.29, 0.717) is 0 Å². The molecular formula is C24H30N5O5+. The molecule has 0 saturated heterocycles. The maximum atomic E-state index is 13.3. The number of ketones is 1. The minimum absolute atomic E-state index is 0.0154. The molecule has 0 unspecified atom stereocenters. The van der Waals surface area contributed by atoms with Gasteiger partial charge >= 0.3 is 12.2 Å². The first-order valence-corrected chi connectivity index (χ1v) is 11.4. The average molecular weight is 469 g/mol. The van der Waals surface area contributed by atoms with Crippen LogP contribution in [-0.2, 0) is 30.3 Å².